The van der Waals surface area contributed by atoms with Crippen LogP contribution >= 0.6 is 0 Å². The number of carbonyl (C=O) groups is 1. The molecule has 0 bridgehead atoms. The normalized spacial score (nSPS) is 17.1. The van der Waals surface area contributed by atoms with Crippen molar-refractivity contribution < 1.29 is 9.90 Å². The Balaban J connectivity index is 1.62. The van der Waals surface area contributed by atoms with Gasteiger partial charge in [-0.15, -0.1) is 0 Å². The first kappa shape index (κ1) is 16.0. The van der Waals surface area contributed by atoms with Gasteiger partial charge in [0, 0.05) is 13.1 Å². The van der Waals surface area contributed by atoms with Crippen LogP contribution in [0.3, 0.4) is 0 Å². The SMILES string of the molecule is CN(CCCNC(=O)C1(O)CCCC1)Cc1ccccc1. The number of hydrogen-bond donors (Lipinski definition) is 2. The van der Waals surface area contributed by atoms with Crippen LogP contribution in [0, 0.1) is 0 Å². The fourth-order valence-electron chi connectivity index (χ4n) is 2.88. The van der Waals surface area contributed by atoms with Gasteiger partial charge in [0.15, 0.2) is 0 Å². The number of hydrogen-bond acceptors (Lipinski definition) is 3. The van der Waals surface area contributed by atoms with Crippen LogP contribution in [0.2, 0.25) is 0 Å². The number of nitrogens with zero attached hydrogens (tertiary/aromatic N) is 1. The number of rotatable bonds is 7. The van der Waals surface area contributed by atoms with Gasteiger partial charge in [0.05, 0.1) is 0 Å². The molecule has 0 saturated heterocycles. The van der Waals surface area contributed by atoms with Crippen molar-refractivity contribution in [2.45, 2.75) is 44.2 Å². The molecular weight excluding hydrogens is 264 g/mol. The van der Waals surface area contributed by atoms with E-state index < -0.39 is 5.60 Å². The monoisotopic (exact) mass is 290 g/mol. The van der Waals surface area contributed by atoms with Crippen molar-refractivity contribution in [1.29, 1.82) is 0 Å². The second-order valence-electron chi connectivity index (χ2n) is 6.07. The number of nitrogens with one attached hydrogen (secondary N) is 1. The molecule has 2 N–H and O–H groups in total. The molecule has 1 aliphatic carbocycles. The van der Waals surface area contributed by atoms with E-state index in [9.17, 15) is 9.90 Å². The molecule has 1 aliphatic rings. The lowest BCUT2D eigenvalue weighted by molar-refractivity contribution is -0.139. The average molecular weight is 290 g/mol. The highest BCUT2D eigenvalue weighted by Crippen LogP contribution is 2.29. The lowest BCUT2D eigenvalue weighted by Gasteiger charge is -2.21. The van der Waals surface area contributed by atoms with Crippen LogP contribution in [0.1, 0.15) is 37.7 Å². The predicted molar refractivity (Wildman–Crippen MR) is 83.8 cm³/mol. The van der Waals surface area contributed by atoms with Crippen LogP contribution < -0.4 is 5.32 Å². The summed E-state index contributed by atoms with van der Waals surface area (Å²) in [6.07, 6.45) is 4.00. The number of amides is 1. The molecule has 21 heavy (non-hydrogen) atoms. The molecule has 1 amide bonds. The molecule has 2 rings (SSSR count). The average Bonchev–Trinajstić information content (AvgIpc) is 2.92. The Morgan fingerprint density at radius 3 is 2.62 bits per heavy atom. The van der Waals surface area contributed by atoms with Gasteiger partial charge in [0.25, 0.3) is 5.91 Å². The Hall–Kier alpha value is -1.39. The second kappa shape index (κ2) is 7.57. The van der Waals surface area contributed by atoms with Gasteiger partial charge >= 0.3 is 0 Å². The van der Waals surface area contributed by atoms with Crippen LogP contribution in [0.4, 0.5) is 0 Å². The summed E-state index contributed by atoms with van der Waals surface area (Å²) in [5, 5.41) is 13.0. The van der Waals surface area contributed by atoms with Gasteiger partial charge in [-0.3, -0.25) is 4.79 Å². The van der Waals surface area contributed by atoms with Crippen LogP contribution in [0.25, 0.3) is 0 Å². The van der Waals surface area contributed by atoms with E-state index in [0.29, 0.717) is 19.4 Å². The van der Waals surface area contributed by atoms with E-state index in [2.05, 4.69) is 29.4 Å². The smallest absolute Gasteiger partial charge is 0.251 e. The predicted octanol–water partition coefficient (Wildman–Crippen LogP) is 1.93. The summed E-state index contributed by atoms with van der Waals surface area (Å²) in [5.41, 5.74) is 0.194. The third kappa shape index (κ3) is 4.83. The van der Waals surface area contributed by atoms with Crippen molar-refractivity contribution in [3.05, 3.63) is 35.9 Å². The first-order valence-corrected chi connectivity index (χ1v) is 7.83. The summed E-state index contributed by atoms with van der Waals surface area (Å²) >= 11 is 0. The Kier molecular flexibility index (Phi) is 5.76. The van der Waals surface area contributed by atoms with E-state index >= 15 is 0 Å². The molecule has 0 aromatic heterocycles. The van der Waals surface area contributed by atoms with Gasteiger partial charge in [-0.1, -0.05) is 30.3 Å². The number of benzene rings is 1. The summed E-state index contributed by atoms with van der Waals surface area (Å²) in [4.78, 5) is 14.2. The fourth-order valence-corrected chi connectivity index (χ4v) is 2.88. The Labute approximate surface area is 127 Å². The number of aliphatic hydroxyl groups is 1. The van der Waals surface area contributed by atoms with Gasteiger partial charge in [-0.25, -0.2) is 0 Å². The maximum Gasteiger partial charge on any atom is 0.251 e. The molecule has 0 radical (unpaired) electrons. The fraction of sp³-hybridized carbons (Fsp3) is 0.588. The first-order chi connectivity index (χ1) is 10.1. The Morgan fingerprint density at radius 2 is 1.95 bits per heavy atom. The van der Waals surface area contributed by atoms with E-state index in [1.165, 1.54) is 5.56 Å². The van der Waals surface area contributed by atoms with Crippen molar-refractivity contribution in [1.82, 2.24) is 10.2 Å². The van der Waals surface area contributed by atoms with E-state index in [-0.39, 0.29) is 5.91 Å². The van der Waals surface area contributed by atoms with E-state index in [1.54, 1.807) is 0 Å². The Morgan fingerprint density at radius 1 is 1.29 bits per heavy atom. The molecule has 0 aliphatic heterocycles. The highest BCUT2D eigenvalue weighted by Gasteiger charge is 2.38. The zero-order valence-corrected chi connectivity index (χ0v) is 12.8. The second-order valence-corrected chi connectivity index (χ2v) is 6.07. The van der Waals surface area contributed by atoms with Crippen LogP contribution in [-0.4, -0.2) is 41.7 Å². The topological polar surface area (TPSA) is 52.6 Å². The van der Waals surface area contributed by atoms with Gasteiger partial charge in [0.1, 0.15) is 5.60 Å². The summed E-state index contributed by atoms with van der Waals surface area (Å²) in [5.74, 6) is -0.189. The van der Waals surface area contributed by atoms with Crippen molar-refractivity contribution >= 4 is 5.91 Å². The summed E-state index contributed by atoms with van der Waals surface area (Å²) in [6.45, 7) is 2.46. The van der Waals surface area contributed by atoms with Crippen molar-refractivity contribution in [3.63, 3.8) is 0 Å². The van der Waals surface area contributed by atoms with Gasteiger partial charge < -0.3 is 15.3 Å². The minimum absolute atomic E-state index is 0.189. The molecule has 0 heterocycles. The molecule has 1 saturated carbocycles. The van der Waals surface area contributed by atoms with Crippen molar-refractivity contribution in [2.24, 2.45) is 0 Å². The van der Waals surface area contributed by atoms with Gasteiger partial charge in [-0.05, 0) is 51.3 Å². The molecule has 1 fully saturated rings. The van der Waals surface area contributed by atoms with Crippen molar-refractivity contribution in [3.8, 4) is 0 Å². The summed E-state index contributed by atoms with van der Waals surface area (Å²) < 4.78 is 0. The van der Waals surface area contributed by atoms with Crippen LogP contribution in [-0.2, 0) is 11.3 Å². The lowest BCUT2D eigenvalue weighted by Crippen LogP contribution is -2.45. The lowest BCUT2D eigenvalue weighted by atomic mass is 10.0. The van der Waals surface area contributed by atoms with Crippen LogP contribution in [0.5, 0.6) is 0 Å². The molecule has 0 atom stereocenters. The molecule has 4 heteroatoms. The molecule has 4 nitrogen and oxygen atoms in total. The quantitative estimate of drug-likeness (QED) is 0.755. The van der Waals surface area contributed by atoms with Crippen molar-refractivity contribution in [2.75, 3.05) is 20.1 Å². The van der Waals surface area contributed by atoms with E-state index in [4.69, 9.17) is 0 Å². The number of carbonyl (C=O) groups excluding carboxylic acids is 1. The minimum atomic E-state index is -1.10. The van der Waals surface area contributed by atoms with E-state index in [0.717, 1.165) is 32.4 Å². The highest BCUT2D eigenvalue weighted by atomic mass is 16.3. The van der Waals surface area contributed by atoms with Gasteiger partial charge in [-0.2, -0.15) is 0 Å². The van der Waals surface area contributed by atoms with Gasteiger partial charge in [0.2, 0.25) is 0 Å². The van der Waals surface area contributed by atoms with Crippen LogP contribution in [0.15, 0.2) is 30.3 Å². The standard InChI is InChI=1S/C17H26N2O2/c1-19(14-15-8-3-2-4-9-15)13-7-12-18-16(20)17(21)10-5-6-11-17/h2-4,8-9,21H,5-7,10-14H2,1H3,(H,18,20). The minimum Gasteiger partial charge on any atom is -0.380 e. The largest absolute Gasteiger partial charge is 0.380 e. The molecule has 116 valence electrons. The summed E-state index contributed by atoms with van der Waals surface area (Å²) in [7, 11) is 2.08. The zero-order chi connectivity index (χ0) is 15.1. The Bertz CT molecular complexity index is 441. The third-order valence-electron chi connectivity index (χ3n) is 4.15. The maximum absolute atomic E-state index is 11.9. The third-order valence-corrected chi connectivity index (χ3v) is 4.15. The molecule has 0 unspecified atom stereocenters. The molecule has 0 spiro atoms. The zero-order valence-electron chi connectivity index (χ0n) is 12.8. The summed E-state index contributed by atoms with van der Waals surface area (Å²) in [6, 6.07) is 10.4. The van der Waals surface area contributed by atoms with E-state index in [1.807, 2.05) is 18.2 Å². The molecule has 1 aromatic carbocycles. The maximum atomic E-state index is 11.9. The molecular formula is C17H26N2O2. The highest BCUT2D eigenvalue weighted by molar-refractivity contribution is 5.85. The molecule has 1 aromatic rings. The first-order valence-electron chi connectivity index (χ1n) is 7.83.